The zero-order valence-electron chi connectivity index (χ0n) is 7.62. The first kappa shape index (κ1) is 7.94. The molecule has 2 aliphatic carbocycles. The van der Waals surface area contributed by atoms with Crippen molar-refractivity contribution in [1.29, 1.82) is 0 Å². The van der Waals surface area contributed by atoms with Crippen molar-refractivity contribution in [1.82, 2.24) is 0 Å². The first-order chi connectivity index (χ1) is 6.27. The largest absolute Gasteiger partial charge is 0.348 e. The Morgan fingerprint density at radius 2 is 1.62 bits per heavy atom. The number of ketones is 1. The average molecular weight is 182 g/mol. The van der Waals surface area contributed by atoms with E-state index in [0.717, 1.165) is 38.9 Å². The van der Waals surface area contributed by atoms with Gasteiger partial charge in [0.05, 0.1) is 13.2 Å². The van der Waals surface area contributed by atoms with E-state index in [1.807, 2.05) is 0 Å². The predicted octanol–water partition coefficient (Wildman–Crippen LogP) is 1.12. The standard InChI is InChI=1S/C10H14O3/c11-9-3-7-5-10(6-8(7)4-9)12-1-2-13-10/h7-8H,1-6H2/t7-,8?/m0/s1. The van der Waals surface area contributed by atoms with E-state index >= 15 is 0 Å². The SMILES string of the molecule is O=C1CC2CC3(C[C@@H]2C1)OCCO3. The Bertz CT molecular complexity index is 225. The van der Waals surface area contributed by atoms with Crippen molar-refractivity contribution in [3.05, 3.63) is 0 Å². The number of carbonyl (C=O) groups excluding carboxylic acids is 1. The van der Waals surface area contributed by atoms with Crippen LogP contribution in [0.1, 0.15) is 25.7 Å². The molecule has 1 spiro atoms. The first-order valence-electron chi connectivity index (χ1n) is 5.07. The van der Waals surface area contributed by atoms with Crippen LogP contribution in [-0.4, -0.2) is 24.8 Å². The molecule has 1 saturated heterocycles. The van der Waals surface area contributed by atoms with Gasteiger partial charge in [-0.05, 0) is 11.8 Å². The Balaban J connectivity index is 1.77. The van der Waals surface area contributed by atoms with Crippen LogP contribution in [0.3, 0.4) is 0 Å². The zero-order chi connectivity index (χ0) is 8.89. The van der Waals surface area contributed by atoms with Crippen LogP contribution < -0.4 is 0 Å². The summed E-state index contributed by atoms with van der Waals surface area (Å²) < 4.78 is 11.3. The van der Waals surface area contributed by atoms with Crippen LogP contribution in [0.4, 0.5) is 0 Å². The minimum absolute atomic E-state index is 0.282. The van der Waals surface area contributed by atoms with E-state index < -0.39 is 0 Å². The van der Waals surface area contributed by atoms with Crippen LogP contribution in [0.2, 0.25) is 0 Å². The molecular formula is C10H14O3. The minimum atomic E-state index is -0.282. The number of fused-ring (bicyclic) bond motifs is 1. The summed E-state index contributed by atoms with van der Waals surface area (Å²) in [4.78, 5) is 11.2. The molecule has 1 heterocycles. The first-order valence-corrected chi connectivity index (χ1v) is 5.07. The molecular weight excluding hydrogens is 168 g/mol. The molecule has 0 radical (unpaired) electrons. The van der Waals surface area contributed by atoms with Crippen LogP contribution in [0, 0.1) is 11.8 Å². The van der Waals surface area contributed by atoms with Crippen molar-refractivity contribution < 1.29 is 14.3 Å². The van der Waals surface area contributed by atoms with E-state index in [2.05, 4.69) is 0 Å². The van der Waals surface area contributed by atoms with E-state index in [0.29, 0.717) is 17.6 Å². The summed E-state index contributed by atoms with van der Waals surface area (Å²) in [7, 11) is 0. The van der Waals surface area contributed by atoms with Gasteiger partial charge in [0.2, 0.25) is 0 Å². The van der Waals surface area contributed by atoms with Crippen molar-refractivity contribution in [3.63, 3.8) is 0 Å². The fourth-order valence-electron chi connectivity index (χ4n) is 3.09. The summed E-state index contributed by atoms with van der Waals surface area (Å²) in [5.41, 5.74) is 0. The molecule has 3 fully saturated rings. The average Bonchev–Trinajstić information content (AvgIpc) is 2.67. The Morgan fingerprint density at radius 3 is 2.15 bits per heavy atom. The van der Waals surface area contributed by atoms with Gasteiger partial charge in [0.15, 0.2) is 5.79 Å². The predicted molar refractivity (Wildman–Crippen MR) is 45.1 cm³/mol. The third-order valence-corrected chi connectivity index (χ3v) is 3.61. The van der Waals surface area contributed by atoms with Gasteiger partial charge in [0, 0.05) is 25.7 Å². The molecule has 3 nitrogen and oxygen atoms in total. The lowest BCUT2D eigenvalue weighted by Gasteiger charge is -2.22. The number of carbonyl (C=O) groups is 1. The van der Waals surface area contributed by atoms with Gasteiger partial charge in [-0.2, -0.15) is 0 Å². The maximum Gasteiger partial charge on any atom is 0.169 e. The molecule has 3 aliphatic rings. The summed E-state index contributed by atoms with van der Waals surface area (Å²) in [5.74, 6) is 1.25. The van der Waals surface area contributed by atoms with Crippen molar-refractivity contribution in [3.8, 4) is 0 Å². The lowest BCUT2D eigenvalue weighted by Crippen LogP contribution is -2.27. The van der Waals surface area contributed by atoms with Crippen LogP contribution in [-0.2, 0) is 14.3 Å². The Labute approximate surface area is 77.4 Å². The van der Waals surface area contributed by atoms with Crippen LogP contribution >= 0.6 is 0 Å². The quantitative estimate of drug-likeness (QED) is 0.563. The number of rotatable bonds is 0. The highest BCUT2D eigenvalue weighted by atomic mass is 16.7. The summed E-state index contributed by atoms with van der Waals surface area (Å²) >= 11 is 0. The Kier molecular flexibility index (Phi) is 1.56. The van der Waals surface area contributed by atoms with Gasteiger partial charge in [-0.1, -0.05) is 0 Å². The lowest BCUT2D eigenvalue weighted by atomic mass is 10.0. The molecule has 2 atom stereocenters. The van der Waals surface area contributed by atoms with Crippen molar-refractivity contribution >= 4 is 5.78 Å². The molecule has 3 heteroatoms. The molecule has 0 bridgehead atoms. The Hall–Kier alpha value is -0.410. The molecule has 0 amide bonds. The monoisotopic (exact) mass is 182 g/mol. The van der Waals surface area contributed by atoms with Gasteiger partial charge in [-0.15, -0.1) is 0 Å². The molecule has 0 aromatic rings. The highest BCUT2D eigenvalue weighted by Gasteiger charge is 2.52. The highest BCUT2D eigenvalue weighted by molar-refractivity contribution is 5.81. The molecule has 1 unspecified atom stereocenters. The smallest absolute Gasteiger partial charge is 0.169 e. The minimum Gasteiger partial charge on any atom is -0.348 e. The van der Waals surface area contributed by atoms with Crippen LogP contribution in [0.25, 0.3) is 0 Å². The molecule has 1 aliphatic heterocycles. The van der Waals surface area contributed by atoms with Gasteiger partial charge < -0.3 is 9.47 Å². The van der Waals surface area contributed by atoms with E-state index in [1.165, 1.54) is 0 Å². The third-order valence-electron chi connectivity index (χ3n) is 3.61. The second-order valence-electron chi connectivity index (χ2n) is 4.48. The van der Waals surface area contributed by atoms with E-state index in [-0.39, 0.29) is 5.79 Å². The molecule has 0 aromatic carbocycles. The normalized spacial score (nSPS) is 41.7. The number of hydrogen-bond donors (Lipinski definition) is 0. The van der Waals surface area contributed by atoms with Gasteiger partial charge in [0.25, 0.3) is 0 Å². The fraction of sp³-hybridized carbons (Fsp3) is 0.900. The van der Waals surface area contributed by atoms with E-state index in [1.54, 1.807) is 0 Å². The van der Waals surface area contributed by atoms with E-state index in [4.69, 9.17) is 9.47 Å². The second-order valence-corrected chi connectivity index (χ2v) is 4.48. The van der Waals surface area contributed by atoms with Crippen molar-refractivity contribution in [2.75, 3.05) is 13.2 Å². The van der Waals surface area contributed by atoms with E-state index in [9.17, 15) is 4.79 Å². The summed E-state index contributed by atoms with van der Waals surface area (Å²) in [6.45, 7) is 1.46. The zero-order valence-corrected chi connectivity index (χ0v) is 7.62. The molecule has 13 heavy (non-hydrogen) atoms. The lowest BCUT2D eigenvalue weighted by molar-refractivity contribution is -0.156. The molecule has 0 aromatic heterocycles. The molecule has 2 saturated carbocycles. The van der Waals surface area contributed by atoms with Crippen LogP contribution in [0.15, 0.2) is 0 Å². The second kappa shape index (κ2) is 2.55. The molecule has 0 N–H and O–H groups in total. The Morgan fingerprint density at radius 1 is 1.08 bits per heavy atom. The summed E-state index contributed by atoms with van der Waals surface area (Å²) in [6, 6.07) is 0. The maximum atomic E-state index is 11.2. The third kappa shape index (κ3) is 1.14. The summed E-state index contributed by atoms with van der Waals surface area (Å²) in [5, 5.41) is 0. The van der Waals surface area contributed by atoms with Gasteiger partial charge in [-0.3, -0.25) is 4.79 Å². The van der Waals surface area contributed by atoms with Gasteiger partial charge in [0.1, 0.15) is 5.78 Å². The summed E-state index contributed by atoms with van der Waals surface area (Å²) in [6.07, 6.45) is 3.42. The molecule has 72 valence electrons. The van der Waals surface area contributed by atoms with Gasteiger partial charge in [-0.25, -0.2) is 0 Å². The maximum absolute atomic E-state index is 11.2. The number of hydrogen-bond acceptors (Lipinski definition) is 3. The molecule has 3 rings (SSSR count). The van der Waals surface area contributed by atoms with Crippen molar-refractivity contribution in [2.24, 2.45) is 11.8 Å². The number of Topliss-reactive ketones (excluding diaryl/α,β-unsaturated/α-hetero) is 1. The van der Waals surface area contributed by atoms with Crippen molar-refractivity contribution in [2.45, 2.75) is 31.5 Å². The number of ether oxygens (including phenoxy) is 2. The fourth-order valence-corrected chi connectivity index (χ4v) is 3.09. The van der Waals surface area contributed by atoms with Crippen LogP contribution in [0.5, 0.6) is 0 Å². The highest BCUT2D eigenvalue weighted by Crippen LogP contribution is 2.50. The van der Waals surface area contributed by atoms with Gasteiger partial charge >= 0.3 is 0 Å². The topological polar surface area (TPSA) is 35.5 Å².